The lowest BCUT2D eigenvalue weighted by Crippen LogP contribution is -2.32. The molecule has 2 amide bonds. The minimum atomic E-state index is -0.400. The van der Waals surface area contributed by atoms with Gasteiger partial charge in [0.05, 0.1) is 26.3 Å². The lowest BCUT2D eigenvalue weighted by molar-refractivity contribution is -0.137. The van der Waals surface area contributed by atoms with Gasteiger partial charge in [0.25, 0.3) is 11.8 Å². The summed E-state index contributed by atoms with van der Waals surface area (Å²) in [6.45, 7) is 0.138. The summed E-state index contributed by atoms with van der Waals surface area (Å²) in [5.41, 5.74) is 2.57. The number of hydrogen-bond acceptors (Lipinski definition) is 6. The molecule has 2 aromatic carbocycles. The molecule has 7 nitrogen and oxygen atoms in total. The van der Waals surface area contributed by atoms with Crippen molar-refractivity contribution in [1.82, 2.24) is 9.88 Å². The molecule has 0 atom stereocenters. The van der Waals surface area contributed by atoms with Gasteiger partial charge in [-0.1, -0.05) is 36.4 Å². The van der Waals surface area contributed by atoms with Gasteiger partial charge in [-0.3, -0.25) is 19.5 Å². The van der Waals surface area contributed by atoms with E-state index < -0.39 is 5.91 Å². The van der Waals surface area contributed by atoms with Gasteiger partial charge in [0, 0.05) is 24.1 Å². The number of imide groups is 1. The molecule has 2 heterocycles. The Labute approximate surface area is 179 Å². The van der Waals surface area contributed by atoms with E-state index in [4.69, 9.17) is 9.47 Å². The monoisotopic (exact) mass is 415 g/mol. The molecule has 3 aromatic rings. The van der Waals surface area contributed by atoms with Crippen LogP contribution < -0.4 is 14.8 Å². The average molecular weight is 415 g/mol. The fourth-order valence-corrected chi connectivity index (χ4v) is 3.44. The van der Waals surface area contributed by atoms with Crippen molar-refractivity contribution in [2.75, 3.05) is 19.5 Å². The normalized spacial score (nSPS) is 13.5. The van der Waals surface area contributed by atoms with E-state index in [0.717, 1.165) is 5.56 Å². The molecule has 0 radical (unpaired) electrons. The van der Waals surface area contributed by atoms with Crippen LogP contribution in [0.5, 0.6) is 11.5 Å². The Morgan fingerprint density at radius 1 is 0.903 bits per heavy atom. The number of carbonyl (C=O) groups is 2. The maximum Gasteiger partial charge on any atom is 0.278 e. The molecule has 1 aliphatic rings. The van der Waals surface area contributed by atoms with Crippen LogP contribution >= 0.6 is 0 Å². The van der Waals surface area contributed by atoms with E-state index in [1.165, 1.54) is 12.0 Å². The number of aromatic nitrogens is 1. The Hall–Kier alpha value is -4.13. The summed E-state index contributed by atoms with van der Waals surface area (Å²) in [5, 5.41) is 3.13. The Morgan fingerprint density at radius 2 is 1.68 bits per heavy atom. The molecule has 1 aliphatic heterocycles. The van der Waals surface area contributed by atoms with E-state index in [9.17, 15) is 9.59 Å². The lowest BCUT2D eigenvalue weighted by Gasteiger charge is -2.15. The summed E-state index contributed by atoms with van der Waals surface area (Å²) in [7, 11) is 3.09. The third-order valence-electron chi connectivity index (χ3n) is 4.95. The molecule has 0 aliphatic carbocycles. The number of carbonyl (C=O) groups excluding carboxylic acids is 2. The largest absolute Gasteiger partial charge is 0.493 e. The number of anilines is 1. The molecule has 0 fully saturated rings. The molecule has 0 saturated heterocycles. The Balaban J connectivity index is 1.73. The van der Waals surface area contributed by atoms with Gasteiger partial charge in [0.1, 0.15) is 5.70 Å². The first-order chi connectivity index (χ1) is 15.1. The first kappa shape index (κ1) is 20.2. The van der Waals surface area contributed by atoms with Crippen molar-refractivity contribution in [2.24, 2.45) is 0 Å². The van der Waals surface area contributed by atoms with Gasteiger partial charge in [-0.25, -0.2) is 0 Å². The predicted molar refractivity (Wildman–Crippen MR) is 116 cm³/mol. The molecular formula is C24H21N3O4. The molecule has 0 bridgehead atoms. The summed E-state index contributed by atoms with van der Waals surface area (Å²) >= 11 is 0. The van der Waals surface area contributed by atoms with Crippen molar-refractivity contribution in [3.63, 3.8) is 0 Å². The molecule has 0 saturated carbocycles. The highest BCUT2D eigenvalue weighted by Gasteiger charge is 2.39. The van der Waals surface area contributed by atoms with Crippen LogP contribution in [-0.2, 0) is 16.1 Å². The van der Waals surface area contributed by atoms with Crippen molar-refractivity contribution in [2.45, 2.75) is 6.54 Å². The maximum absolute atomic E-state index is 13.3. The van der Waals surface area contributed by atoms with Crippen molar-refractivity contribution < 1.29 is 19.1 Å². The molecular weight excluding hydrogens is 394 g/mol. The lowest BCUT2D eigenvalue weighted by atomic mass is 10.0. The van der Waals surface area contributed by atoms with Crippen LogP contribution in [0.1, 0.15) is 11.1 Å². The number of benzene rings is 2. The van der Waals surface area contributed by atoms with Crippen molar-refractivity contribution in [3.05, 3.63) is 89.9 Å². The second kappa shape index (κ2) is 8.71. The number of ether oxygens (including phenoxy) is 2. The number of nitrogens with zero attached hydrogens (tertiary/aromatic N) is 2. The summed E-state index contributed by atoms with van der Waals surface area (Å²) in [4.78, 5) is 31.9. The van der Waals surface area contributed by atoms with Gasteiger partial charge in [-0.2, -0.15) is 0 Å². The van der Waals surface area contributed by atoms with Crippen LogP contribution in [0.3, 0.4) is 0 Å². The molecule has 0 spiro atoms. The van der Waals surface area contributed by atoms with Crippen LogP contribution in [0.25, 0.3) is 5.57 Å². The molecule has 7 heteroatoms. The van der Waals surface area contributed by atoms with Gasteiger partial charge in [0.2, 0.25) is 0 Å². The number of amides is 2. The van der Waals surface area contributed by atoms with E-state index >= 15 is 0 Å². The quantitative estimate of drug-likeness (QED) is 0.595. The van der Waals surface area contributed by atoms with Gasteiger partial charge < -0.3 is 14.8 Å². The highest BCUT2D eigenvalue weighted by Crippen LogP contribution is 2.34. The summed E-state index contributed by atoms with van der Waals surface area (Å²) < 4.78 is 10.6. The third-order valence-corrected chi connectivity index (χ3v) is 4.95. The number of hydrogen-bond donors (Lipinski definition) is 1. The maximum atomic E-state index is 13.3. The van der Waals surface area contributed by atoms with Crippen LogP contribution in [0.4, 0.5) is 5.69 Å². The first-order valence-electron chi connectivity index (χ1n) is 9.66. The molecule has 156 valence electrons. The van der Waals surface area contributed by atoms with Crippen molar-refractivity contribution >= 4 is 23.1 Å². The van der Waals surface area contributed by atoms with Gasteiger partial charge in [-0.15, -0.1) is 0 Å². The van der Waals surface area contributed by atoms with E-state index in [1.54, 1.807) is 43.8 Å². The van der Waals surface area contributed by atoms with E-state index in [0.29, 0.717) is 28.3 Å². The smallest absolute Gasteiger partial charge is 0.278 e. The molecule has 31 heavy (non-hydrogen) atoms. The molecule has 4 rings (SSSR count). The number of rotatable bonds is 7. The fraction of sp³-hybridized carbons (Fsp3) is 0.125. The van der Waals surface area contributed by atoms with Crippen LogP contribution in [-0.4, -0.2) is 35.9 Å². The zero-order valence-corrected chi connectivity index (χ0v) is 17.2. The first-order valence-corrected chi connectivity index (χ1v) is 9.66. The summed E-state index contributed by atoms with van der Waals surface area (Å²) in [6, 6.07) is 18.0. The predicted octanol–water partition coefficient (Wildman–Crippen LogP) is 3.49. The Morgan fingerprint density at radius 3 is 2.35 bits per heavy atom. The van der Waals surface area contributed by atoms with E-state index in [-0.39, 0.29) is 18.1 Å². The number of pyridine rings is 1. The average Bonchev–Trinajstić information content (AvgIpc) is 3.04. The summed E-state index contributed by atoms with van der Waals surface area (Å²) in [6.07, 6.45) is 3.29. The highest BCUT2D eigenvalue weighted by atomic mass is 16.5. The van der Waals surface area contributed by atoms with Crippen LogP contribution in [0.15, 0.2) is 78.8 Å². The van der Waals surface area contributed by atoms with Crippen LogP contribution in [0, 0.1) is 0 Å². The number of nitrogens with one attached hydrogen (secondary N) is 1. The van der Waals surface area contributed by atoms with Crippen molar-refractivity contribution in [3.8, 4) is 11.5 Å². The fourth-order valence-electron chi connectivity index (χ4n) is 3.44. The zero-order chi connectivity index (χ0) is 21.8. The molecule has 1 aromatic heterocycles. The second-order valence-corrected chi connectivity index (χ2v) is 6.87. The molecule has 1 N–H and O–H groups in total. The Kier molecular flexibility index (Phi) is 5.66. The van der Waals surface area contributed by atoms with E-state index in [1.807, 2.05) is 36.4 Å². The van der Waals surface area contributed by atoms with Gasteiger partial charge in [-0.05, 0) is 29.3 Å². The SMILES string of the molecule is COc1ccc(NC2=C(c3ccccc3)C(=O)N(Cc3cccnc3)C2=O)cc1OC. The van der Waals surface area contributed by atoms with Gasteiger partial charge in [0.15, 0.2) is 11.5 Å². The third kappa shape index (κ3) is 3.98. The Bertz CT molecular complexity index is 1140. The minimum Gasteiger partial charge on any atom is -0.493 e. The molecule has 0 unspecified atom stereocenters. The summed E-state index contributed by atoms with van der Waals surface area (Å²) in [5.74, 6) is 0.321. The highest BCUT2D eigenvalue weighted by molar-refractivity contribution is 6.36. The number of methoxy groups -OCH3 is 2. The standard InChI is InChI=1S/C24H21N3O4/c1-30-19-11-10-18(13-20(19)31-2)26-22-21(17-8-4-3-5-9-17)23(28)27(24(22)29)15-16-7-6-12-25-14-16/h3-14,26H,15H2,1-2H3. The van der Waals surface area contributed by atoms with Crippen LogP contribution in [0.2, 0.25) is 0 Å². The second-order valence-electron chi connectivity index (χ2n) is 6.87. The van der Waals surface area contributed by atoms with Crippen molar-refractivity contribution in [1.29, 1.82) is 0 Å². The van der Waals surface area contributed by atoms with Gasteiger partial charge >= 0.3 is 0 Å². The topological polar surface area (TPSA) is 80.8 Å². The zero-order valence-electron chi connectivity index (χ0n) is 17.2. The van der Waals surface area contributed by atoms with E-state index in [2.05, 4.69) is 10.3 Å². The minimum absolute atomic E-state index is 0.138.